The van der Waals surface area contributed by atoms with Gasteiger partial charge in [0, 0.05) is 55.5 Å². The molecule has 1 amide bonds. The summed E-state index contributed by atoms with van der Waals surface area (Å²) >= 11 is 3.37. The smallest absolute Gasteiger partial charge is 0.487 e. The molecule has 13 heteroatoms. The number of hydroxylamine groups is 1. The SMILES string of the molecule is CONC(=O)c1cc(/C=C/B2OC(C)(C)C(C)(CCCN3CCN(c4cccc(Nc5ncc(Br)cn5)c4)CC3)O2)cc(OC)c1. The third-order valence-electron chi connectivity index (χ3n) is 8.72. The number of nitrogens with one attached hydrogen (secondary N) is 2. The average Bonchev–Trinajstić information content (AvgIpc) is 3.28. The zero-order chi connectivity index (χ0) is 32.7. The molecule has 3 heterocycles. The Bertz CT molecular complexity index is 1520. The van der Waals surface area contributed by atoms with Gasteiger partial charge in [-0.25, -0.2) is 15.4 Å². The predicted octanol–water partition coefficient (Wildman–Crippen LogP) is 5.51. The first-order chi connectivity index (χ1) is 22.1. The van der Waals surface area contributed by atoms with Gasteiger partial charge in [-0.15, -0.1) is 0 Å². The first-order valence-corrected chi connectivity index (χ1v) is 16.2. The van der Waals surface area contributed by atoms with E-state index in [1.807, 2.05) is 24.2 Å². The molecule has 0 spiro atoms. The molecule has 244 valence electrons. The fourth-order valence-corrected chi connectivity index (χ4v) is 5.95. The number of hydrogen-bond donors (Lipinski definition) is 2. The fraction of sp³-hybridized carbons (Fsp3) is 0.424. The second-order valence-corrected chi connectivity index (χ2v) is 13.1. The predicted molar refractivity (Wildman–Crippen MR) is 184 cm³/mol. The second kappa shape index (κ2) is 14.9. The van der Waals surface area contributed by atoms with Crippen LogP contribution in [0.3, 0.4) is 0 Å². The quantitative estimate of drug-likeness (QED) is 0.186. The molecular weight excluding hydrogens is 651 g/mol. The zero-order valence-corrected chi connectivity index (χ0v) is 28.7. The Labute approximate surface area is 279 Å². The molecule has 5 rings (SSSR count). The van der Waals surface area contributed by atoms with E-state index in [9.17, 15) is 4.79 Å². The maximum absolute atomic E-state index is 12.3. The lowest BCUT2D eigenvalue weighted by molar-refractivity contribution is -0.0184. The molecule has 2 aromatic carbocycles. The summed E-state index contributed by atoms with van der Waals surface area (Å²) in [5, 5.41) is 3.29. The lowest BCUT2D eigenvalue weighted by atomic mass is 9.84. The molecule has 0 aliphatic carbocycles. The molecule has 0 bridgehead atoms. The van der Waals surface area contributed by atoms with E-state index in [0.717, 1.165) is 61.3 Å². The molecule has 2 N–H and O–H groups in total. The number of hydrogen-bond acceptors (Lipinski definition) is 10. The molecule has 2 saturated heterocycles. The maximum atomic E-state index is 12.3. The van der Waals surface area contributed by atoms with E-state index in [0.29, 0.717) is 17.3 Å². The number of halogens is 1. The highest BCUT2D eigenvalue weighted by atomic mass is 79.9. The number of piperazine rings is 1. The second-order valence-electron chi connectivity index (χ2n) is 12.2. The van der Waals surface area contributed by atoms with Crippen LogP contribution in [0.4, 0.5) is 17.3 Å². The largest absolute Gasteiger partial charge is 0.497 e. The van der Waals surface area contributed by atoms with Crippen molar-refractivity contribution >= 4 is 52.4 Å². The number of aromatic nitrogens is 2. The van der Waals surface area contributed by atoms with Crippen molar-refractivity contribution in [2.24, 2.45) is 0 Å². The van der Waals surface area contributed by atoms with Crippen LogP contribution >= 0.6 is 15.9 Å². The van der Waals surface area contributed by atoms with Crippen LogP contribution in [0.25, 0.3) is 6.08 Å². The molecule has 0 radical (unpaired) electrons. The van der Waals surface area contributed by atoms with E-state index in [-0.39, 0.29) is 5.91 Å². The highest BCUT2D eigenvalue weighted by Crippen LogP contribution is 2.41. The zero-order valence-electron chi connectivity index (χ0n) is 27.1. The summed E-state index contributed by atoms with van der Waals surface area (Å²) < 4.78 is 19.1. The number of methoxy groups -OCH3 is 1. The maximum Gasteiger partial charge on any atom is 0.487 e. The molecule has 1 atom stereocenters. The Hall–Kier alpha value is -3.49. The van der Waals surface area contributed by atoms with Crippen LogP contribution in [0.5, 0.6) is 5.75 Å². The van der Waals surface area contributed by atoms with Gasteiger partial charge >= 0.3 is 7.12 Å². The number of anilines is 3. The summed E-state index contributed by atoms with van der Waals surface area (Å²) in [4.78, 5) is 30.6. The van der Waals surface area contributed by atoms with Crippen molar-refractivity contribution in [2.45, 2.75) is 44.8 Å². The van der Waals surface area contributed by atoms with Crippen molar-refractivity contribution in [3.8, 4) is 5.75 Å². The van der Waals surface area contributed by atoms with Gasteiger partial charge in [0.1, 0.15) is 5.75 Å². The Balaban J connectivity index is 1.11. The molecule has 3 aromatic rings. The minimum absolute atomic E-state index is 0.353. The summed E-state index contributed by atoms with van der Waals surface area (Å²) in [5.41, 5.74) is 4.79. The normalized spacial score (nSPS) is 19.9. The number of benzene rings is 2. The van der Waals surface area contributed by atoms with Gasteiger partial charge in [-0.1, -0.05) is 18.1 Å². The van der Waals surface area contributed by atoms with Crippen molar-refractivity contribution in [2.75, 3.05) is 57.2 Å². The summed E-state index contributed by atoms with van der Waals surface area (Å²) in [5.74, 6) is 2.67. The van der Waals surface area contributed by atoms with E-state index in [1.165, 1.54) is 12.8 Å². The minimum Gasteiger partial charge on any atom is -0.497 e. The van der Waals surface area contributed by atoms with Crippen molar-refractivity contribution in [1.82, 2.24) is 20.3 Å². The van der Waals surface area contributed by atoms with Crippen molar-refractivity contribution in [1.29, 1.82) is 0 Å². The van der Waals surface area contributed by atoms with Gasteiger partial charge in [-0.3, -0.25) is 14.5 Å². The molecule has 11 nitrogen and oxygen atoms in total. The van der Waals surface area contributed by atoms with Crippen LogP contribution in [0.1, 0.15) is 49.5 Å². The summed E-state index contributed by atoms with van der Waals surface area (Å²) in [6, 6.07) is 13.7. The topological polar surface area (TPSA) is 110 Å². The van der Waals surface area contributed by atoms with Gasteiger partial charge in [0.25, 0.3) is 5.91 Å². The van der Waals surface area contributed by atoms with Crippen LogP contribution in [0.2, 0.25) is 0 Å². The van der Waals surface area contributed by atoms with Gasteiger partial charge < -0.3 is 24.3 Å². The van der Waals surface area contributed by atoms with Crippen molar-refractivity contribution < 1.29 is 23.7 Å². The Morgan fingerprint density at radius 2 is 1.83 bits per heavy atom. The fourth-order valence-electron chi connectivity index (χ4n) is 5.74. The Morgan fingerprint density at radius 1 is 1.07 bits per heavy atom. The average molecular weight is 693 g/mol. The molecule has 0 saturated carbocycles. The molecule has 2 fully saturated rings. The van der Waals surface area contributed by atoms with E-state index in [4.69, 9.17) is 18.9 Å². The molecule has 2 aliphatic heterocycles. The van der Waals surface area contributed by atoms with Crippen LogP contribution in [-0.2, 0) is 14.1 Å². The van der Waals surface area contributed by atoms with E-state index >= 15 is 0 Å². The van der Waals surface area contributed by atoms with Gasteiger partial charge in [0.05, 0.1) is 29.9 Å². The Kier molecular flexibility index (Phi) is 11.0. The number of ether oxygens (including phenoxy) is 1. The van der Waals surface area contributed by atoms with Crippen LogP contribution in [-0.4, -0.2) is 86.0 Å². The van der Waals surface area contributed by atoms with Crippen molar-refractivity contribution in [3.05, 3.63) is 76.4 Å². The monoisotopic (exact) mass is 692 g/mol. The molecule has 46 heavy (non-hydrogen) atoms. The van der Waals surface area contributed by atoms with E-state index in [1.54, 1.807) is 31.6 Å². The van der Waals surface area contributed by atoms with E-state index in [2.05, 4.69) is 85.5 Å². The number of amides is 1. The summed E-state index contributed by atoms with van der Waals surface area (Å²) in [6.07, 6.45) is 7.22. The highest BCUT2D eigenvalue weighted by Gasteiger charge is 2.52. The lowest BCUT2D eigenvalue weighted by Crippen LogP contribution is -2.48. The third kappa shape index (κ3) is 8.45. The van der Waals surface area contributed by atoms with Gasteiger partial charge in [0.15, 0.2) is 0 Å². The van der Waals surface area contributed by atoms with Crippen LogP contribution in [0, 0.1) is 0 Å². The first-order valence-electron chi connectivity index (χ1n) is 15.5. The first kappa shape index (κ1) is 33.9. The summed E-state index contributed by atoms with van der Waals surface area (Å²) in [7, 11) is 2.46. The van der Waals surface area contributed by atoms with Gasteiger partial charge in [0.2, 0.25) is 5.95 Å². The Morgan fingerprint density at radius 3 is 2.54 bits per heavy atom. The minimum atomic E-state index is -0.508. The number of carbonyl (C=O) groups excluding carboxylic acids is 1. The summed E-state index contributed by atoms with van der Waals surface area (Å²) in [6.45, 7) is 11.2. The highest BCUT2D eigenvalue weighted by molar-refractivity contribution is 9.10. The van der Waals surface area contributed by atoms with Crippen LogP contribution < -0.4 is 20.4 Å². The molecule has 1 aromatic heterocycles. The number of nitrogens with zero attached hydrogens (tertiary/aromatic N) is 4. The lowest BCUT2D eigenvalue weighted by Gasteiger charge is -2.39. The molecule has 2 aliphatic rings. The number of rotatable bonds is 12. The van der Waals surface area contributed by atoms with Gasteiger partial charge in [-0.2, -0.15) is 0 Å². The van der Waals surface area contributed by atoms with Crippen molar-refractivity contribution in [3.63, 3.8) is 0 Å². The van der Waals surface area contributed by atoms with Gasteiger partial charge in [-0.05, 0) is 98.0 Å². The van der Waals surface area contributed by atoms with Crippen LogP contribution in [0.15, 0.2) is 65.3 Å². The number of carbonyl (C=O) groups is 1. The molecular formula is C33H42BBrN6O5. The molecule has 1 unspecified atom stereocenters. The standard InChI is InChI=1S/C33H42BBrN6O5/c1-32(2)33(3,46-34(45-32)12-10-24-18-25(30(42)39-44-5)20-29(19-24)43-4)11-7-13-40-14-16-41(17-15-40)28-9-6-8-27(21-28)38-31-36-22-26(35)23-37-31/h6,8-10,12,18-23H,7,11,13-17H2,1-5H3,(H,39,42)(H,36,37,38)/b12-10+. The third-order valence-corrected chi connectivity index (χ3v) is 9.13. The van der Waals surface area contributed by atoms with E-state index < -0.39 is 18.3 Å².